The zero-order chi connectivity index (χ0) is 10.0. The summed E-state index contributed by atoms with van der Waals surface area (Å²) in [6, 6.07) is 0. The second-order valence-corrected chi connectivity index (χ2v) is 12.5. The zero-order valence-electron chi connectivity index (χ0n) is 7.64. The van der Waals surface area contributed by atoms with Gasteiger partial charge in [-0.25, -0.2) is 0 Å². The van der Waals surface area contributed by atoms with Gasteiger partial charge in [-0.2, -0.15) is 0 Å². The number of rotatable bonds is 4. The molecule has 0 rings (SSSR count). The van der Waals surface area contributed by atoms with Gasteiger partial charge < -0.3 is 0 Å². The minimum atomic E-state index is -5.26. The van der Waals surface area contributed by atoms with Crippen LogP contribution in [0.15, 0.2) is 0 Å². The summed E-state index contributed by atoms with van der Waals surface area (Å²) in [7, 11) is 11.1. The summed E-state index contributed by atoms with van der Waals surface area (Å²) in [5.41, 5.74) is 0. The maximum absolute atomic E-state index is 11.6. The van der Waals surface area contributed by atoms with E-state index in [-0.39, 0.29) is 12.2 Å². The topological polar surface area (TPSA) is 35.5 Å². The van der Waals surface area contributed by atoms with E-state index in [1.165, 1.54) is 0 Å². The molecule has 0 heterocycles. The predicted molar refractivity (Wildman–Crippen MR) is 44.8 cm³/mol. The van der Waals surface area contributed by atoms with Crippen molar-refractivity contribution in [1.82, 2.24) is 0 Å². The van der Waals surface area contributed by atoms with E-state index in [0.717, 1.165) is 0 Å². The molecule has 0 bridgehead atoms. The monoisotopic (exact) mass is 252 g/mol. The van der Waals surface area contributed by atoms with Crippen molar-refractivity contribution in [2.45, 2.75) is 39.9 Å². The van der Waals surface area contributed by atoms with Crippen molar-refractivity contribution in [1.29, 1.82) is 0 Å². The third-order valence-corrected chi connectivity index (χ3v) is 4.94. The fourth-order valence-corrected chi connectivity index (χ4v) is 6.11. The van der Waals surface area contributed by atoms with Crippen LogP contribution in [0.3, 0.4) is 0 Å². The molecule has 0 aliphatic heterocycles. The molecule has 0 spiro atoms. The van der Waals surface area contributed by atoms with Gasteiger partial charge in [0.2, 0.25) is 0 Å². The van der Waals surface area contributed by atoms with Crippen molar-refractivity contribution in [3.05, 3.63) is 0 Å². The van der Waals surface area contributed by atoms with Crippen molar-refractivity contribution < 1.29 is 23.9 Å². The van der Waals surface area contributed by atoms with E-state index in [4.69, 9.17) is 25.2 Å². The van der Waals surface area contributed by atoms with Crippen LogP contribution in [0.1, 0.15) is 27.7 Å². The van der Waals surface area contributed by atoms with E-state index < -0.39 is 13.9 Å². The van der Waals surface area contributed by atoms with Crippen molar-refractivity contribution in [2.24, 2.45) is 0 Å². The number of hydrogen-bond donors (Lipinski definition) is 0. The van der Waals surface area contributed by atoms with Gasteiger partial charge in [0.25, 0.3) is 0 Å². The Kier molecular flexibility index (Phi) is 4.37. The zero-order valence-corrected chi connectivity index (χ0v) is 10.7. The molecule has 6 heteroatoms. The first kappa shape index (κ1) is 13.0. The standard InChI is InChI=1S/2C3H7O.2ClH.O.Ti/c2*1-3(2)4;;;;/h2*3H,1-2H3;2*1H;;/q2*-1;;;;+4/p-2. The van der Waals surface area contributed by atoms with Crippen LogP contribution in [0.4, 0.5) is 0 Å². The van der Waals surface area contributed by atoms with Gasteiger partial charge in [0.15, 0.2) is 0 Å². The molecule has 0 fully saturated rings. The van der Waals surface area contributed by atoms with E-state index in [0.29, 0.717) is 0 Å². The number of hydrogen-bond acceptors (Lipinski definition) is 3. The summed E-state index contributed by atoms with van der Waals surface area (Å²) in [4.78, 5) is 0. The van der Waals surface area contributed by atoms with Gasteiger partial charge in [0, 0.05) is 0 Å². The van der Waals surface area contributed by atoms with Crippen LogP contribution in [0, 0.1) is 0 Å². The SMILES string of the molecule is CC(C)[O][Ti](=[O])([Cl])([Cl])[O]C(C)C. The summed E-state index contributed by atoms with van der Waals surface area (Å²) in [5.74, 6) is 0. The van der Waals surface area contributed by atoms with E-state index >= 15 is 0 Å². The average Bonchev–Trinajstić information content (AvgIpc) is 1.49. The summed E-state index contributed by atoms with van der Waals surface area (Å²) in [6.07, 6.45) is -0.624. The molecule has 0 amide bonds. The molecule has 74 valence electrons. The first-order valence-corrected chi connectivity index (χ1v) is 9.98. The molecular formula is C6H14Cl2O3Ti. The Bertz CT molecular complexity index is 193. The third-order valence-electron chi connectivity index (χ3n) is 0.842. The van der Waals surface area contributed by atoms with Crippen LogP contribution >= 0.6 is 18.6 Å². The molecule has 0 radical (unpaired) electrons. The molecule has 0 unspecified atom stereocenters. The molecule has 0 saturated heterocycles. The Labute approximate surface area is 82.2 Å². The quantitative estimate of drug-likeness (QED) is 0.722. The van der Waals surface area contributed by atoms with Gasteiger partial charge in [-0.15, -0.1) is 0 Å². The van der Waals surface area contributed by atoms with Crippen molar-refractivity contribution in [3.8, 4) is 0 Å². The fraction of sp³-hybridized carbons (Fsp3) is 1.00. The van der Waals surface area contributed by atoms with Gasteiger partial charge in [0.05, 0.1) is 0 Å². The second-order valence-electron chi connectivity index (χ2n) is 3.12. The van der Waals surface area contributed by atoms with Crippen LogP contribution in [0.5, 0.6) is 0 Å². The molecule has 0 aromatic heterocycles. The van der Waals surface area contributed by atoms with E-state index in [2.05, 4.69) is 0 Å². The third kappa shape index (κ3) is 6.52. The molecule has 0 aliphatic rings. The molecule has 0 aliphatic carbocycles. The van der Waals surface area contributed by atoms with Gasteiger partial charge in [0.1, 0.15) is 0 Å². The van der Waals surface area contributed by atoms with Crippen LogP contribution in [0.25, 0.3) is 0 Å². The minimum absolute atomic E-state index is 0.312. The summed E-state index contributed by atoms with van der Waals surface area (Å²) < 4.78 is 21.3. The Morgan fingerprint density at radius 1 is 1.00 bits per heavy atom. The van der Waals surface area contributed by atoms with Crippen LogP contribution < -0.4 is 0 Å². The first-order chi connectivity index (χ1) is 5.10. The molecule has 0 aromatic rings. The molecule has 0 N–H and O–H groups in total. The van der Waals surface area contributed by atoms with Crippen molar-refractivity contribution in [3.63, 3.8) is 0 Å². The molecule has 0 saturated carbocycles. The first-order valence-electron chi connectivity index (χ1n) is 3.77. The Morgan fingerprint density at radius 2 is 1.25 bits per heavy atom. The Morgan fingerprint density at radius 3 is 1.42 bits per heavy atom. The van der Waals surface area contributed by atoms with E-state index in [1.807, 2.05) is 0 Å². The molecule has 3 nitrogen and oxygen atoms in total. The Balaban J connectivity index is 4.40. The normalized spacial score (nSPS) is 14.4. The van der Waals surface area contributed by atoms with Gasteiger partial charge in [-0.3, -0.25) is 0 Å². The fourth-order valence-electron chi connectivity index (χ4n) is 0.769. The summed E-state index contributed by atoms with van der Waals surface area (Å²) in [5, 5.41) is 0. The summed E-state index contributed by atoms with van der Waals surface area (Å²) >= 11 is -5.26. The van der Waals surface area contributed by atoms with Crippen LogP contribution in [0.2, 0.25) is 0 Å². The van der Waals surface area contributed by atoms with Crippen LogP contribution in [-0.2, 0) is 23.9 Å². The van der Waals surface area contributed by atoms with E-state index in [9.17, 15) is 3.32 Å². The van der Waals surface area contributed by atoms with Gasteiger partial charge in [-0.1, -0.05) is 0 Å². The maximum atomic E-state index is 11.6. The Hall–Kier alpha value is 1.01. The van der Waals surface area contributed by atoms with Crippen molar-refractivity contribution >= 4 is 18.6 Å². The molecular weight excluding hydrogens is 239 g/mol. The second kappa shape index (κ2) is 4.03. The van der Waals surface area contributed by atoms with Gasteiger partial charge in [-0.05, 0) is 0 Å². The van der Waals surface area contributed by atoms with Gasteiger partial charge >= 0.3 is 82.4 Å². The van der Waals surface area contributed by atoms with Crippen LogP contribution in [-0.4, -0.2) is 12.2 Å². The molecule has 12 heavy (non-hydrogen) atoms. The van der Waals surface area contributed by atoms with Crippen molar-refractivity contribution in [2.75, 3.05) is 0 Å². The van der Waals surface area contributed by atoms with E-state index in [1.54, 1.807) is 27.7 Å². The predicted octanol–water partition coefficient (Wildman–Crippen LogP) is 3.01. The summed E-state index contributed by atoms with van der Waals surface area (Å²) in [6.45, 7) is 6.76. The number of halogens is 2. The average molecular weight is 253 g/mol. The molecule has 0 aromatic carbocycles. The molecule has 0 atom stereocenters.